The molecule has 1 aromatic heterocycles. The number of thiophene rings is 1. The second-order valence-electron chi connectivity index (χ2n) is 5.13. The van der Waals surface area contributed by atoms with Crippen molar-refractivity contribution in [2.75, 3.05) is 32.6 Å². The molecule has 0 saturated heterocycles. The zero-order chi connectivity index (χ0) is 19.2. The first-order valence-electron chi connectivity index (χ1n) is 7.58. The van der Waals surface area contributed by atoms with E-state index in [0.29, 0.717) is 17.2 Å². The molecule has 140 valence electrons. The predicted octanol–water partition coefficient (Wildman–Crippen LogP) is 2.58. The van der Waals surface area contributed by atoms with Crippen molar-refractivity contribution >= 4 is 33.0 Å². The highest BCUT2D eigenvalue weighted by Crippen LogP contribution is 2.29. The van der Waals surface area contributed by atoms with Crippen molar-refractivity contribution in [1.29, 1.82) is 0 Å². The molecule has 1 amide bonds. The zero-order valence-electron chi connectivity index (χ0n) is 14.5. The van der Waals surface area contributed by atoms with Crippen LogP contribution in [0.5, 0.6) is 11.5 Å². The van der Waals surface area contributed by atoms with Gasteiger partial charge in [0.05, 0.1) is 26.5 Å². The Balaban J connectivity index is 2.17. The number of nitrogens with zero attached hydrogens (tertiary/aromatic N) is 1. The maximum atomic E-state index is 12.6. The van der Waals surface area contributed by atoms with Gasteiger partial charge in [-0.25, -0.2) is 8.42 Å². The fourth-order valence-corrected chi connectivity index (χ4v) is 4.69. The highest BCUT2D eigenvalue weighted by molar-refractivity contribution is 7.91. The van der Waals surface area contributed by atoms with E-state index < -0.39 is 15.9 Å². The normalized spacial score (nSPS) is 11.2. The van der Waals surface area contributed by atoms with Gasteiger partial charge in [0.1, 0.15) is 15.7 Å². The fourth-order valence-electron chi connectivity index (χ4n) is 2.18. The van der Waals surface area contributed by atoms with Gasteiger partial charge >= 0.3 is 0 Å². The number of hydrogen-bond acceptors (Lipinski definition) is 6. The molecule has 7 nitrogen and oxygen atoms in total. The number of rotatable bonds is 9. The van der Waals surface area contributed by atoms with E-state index in [9.17, 15) is 13.2 Å². The van der Waals surface area contributed by atoms with E-state index in [1.807, 2.05) is 0 Å². The van der Waals surface area contributed by atoms with Crippen LogP contribution in [-0.4, -0.2) is 45.9 Å². The van der Waals surface area contributed by atoms with Crippen LogP contribution in [0.2, 0.25) is 0 Å². The van der Waals surface area contributed by atoms with Crippen molar-refractivity contribution in [2.24, 2.45) is 0 Å². The number of carbonyl (C=O) groups excluding carboxylic acids is 1. The van der Waals surface area contributed by atoms with Crippen LogP contribution in [0.4, 0.5) is 5.69 Å². The largest absolute Gasteiger partial charge is 0.497 e. The summed E-state index contributed by atoms with van der Waals surface area (Å²) in [4.78, 5) is 12.4. The Bertz CT molecular complexity index is 863. The molecular weight excluding hydrogens is 376 g/mol. The lowest BCUT2D eigenvalue weighted by molar-refractivity contribution is -0.116. The number of amides is 1. The third kappa shape index (κ3) is 4.63. The quantitative estimate of drug-likeness (QED) is 0.659. The molecule has 1 aromatic carbocycles. The maximum absolute atomic E-state index is 12.6. The maximum Gasteiger partial charge on any atom is 0.253 e. The molecule has 0 bridgehead atoms. The van der Waals surface area contributed by atoms with Gasteiger partial charge < -0.3 is 14.8 Å². The standard InChI is InChI=1S/C17H20N2O5S2/c1-4-9-19(26(21,22)17-6-5-10-25-17)12-16(20)18-14-8-7-13(23-2)11-15(14)24-3/h4-8,10-11H,1,9,12H2,2-3H3,(H,18,20). The zero-order valence-corrected chi connectivity index (χ0v) is 16.1. The van der Waals surface area contributed by atoms with Gasteiger partial charge in [0, 0.05) is 12.6 Å². The van der Waals surface area contributed by atoms with Crippen LogP contribution in [0.15, 0.2) is 52.6 Å². The minimum absolute atomic E-state index is 0.0212. The molecule has 0 unspecified atom stereocenters. The molecule has 0 saturated carbocycles. The van der Waals surface area contributed by atoms with Crippen LogP contribution in [-0.2, 0) is 14.8 Å². The lowest BCUT2D eigenvalue weighted by Gasteiger charge is -2.20. The molecule has 26 heavy (non-hydrogen) atoms. The number of hydrogen-bond donors (Lipinski definition) is 1. The first kappa shape index (κ1) is 20.0. The topological polar surface area (TPSA) is 84.9 Å². The highest BCUT2D eigenvalue weighted by Gasteiger charge is 2.26. The number of carbonyl (C=O) groups is 1. The molecule has 0 aliphatic carbocycles. The summed E-state index contributed by atoms with van der Waals surface area (Å²) in [5, 5.41) is 4.33. The van der Waals surface area contributed by atoms with E-state index in [0.717, 1.165) is 15.6 Å². The van der Waals surface area contributed by atoms with Crippen LogP contribution < -0.4 is 14.8 Å². The summed E-state index contributed by atoms with van der Waals surface area (Å²) < 4.78 is 36.9. The number of anilines is 1. The summed E-state index contributed by atoms with van der Waals surface area (Å²) in [5.74, 6) is 0.498. The van der Waals surface area contributed by atoms with Crippen LogP contribution in [0.3, 0.4) is 0 Å². The minimum atomic E-state index is -3.77. The van der Waals surface area contributed by atoms with Crippen molar-refractivity contribution in [3.63, 3.8) is 0 Å². The summed E-state index contributed by atoms with van der Waals surface area (Å²) in [6, 6.07) is 8.06. The summed E-state index contributed by atoms with van der Waals surface area (Å²) in [6.07, 6.45) is 1.44. The third-order valence-corrected chi connectivity index (χ3v) is 6.61. The van der Waals surface area contributed by atoms with Crippen LogP contribution in [0.25, 0.3) is 0 Å². The highest BCUT2D eigenvalue weighted by atomic mass is 32.2. The van der Waals surface area contributed by atoms with E-state index >= 15 is 0 Å². The van der Waals surface area contributed by atoms with Crippen LogP contribution in [0.1, 0.15) is 0 Å². The van der Waals surface area contributed by atoms with Gasteiger partial charge in [0.15, 0.2) is 0 Å². The summed E-state index contributed by atoms with van der Waals surface area (Å²) >= 11 is 1.10. The Kier molecular flexibility index (Phi) is 6.78. The number of nitrogens with one attached hydrogen (secondary N) is 1. The van der Waals surface area contributed by atoms with Crippen LogP contribution in [0, 0.1) is 0 Å². The number of methoxy groups -OCH3 is 2. The Morgan fingerprint density at radius 3 is 2.65 bits per heavy atom. The van der Waals surface area contributed by atoms with Crippen molar-refractivity contribution in [2.45, 2.75) is 4.21 Å². The summed E-state index contributed by atoms with van der Waals surface area (Å²) in [5.41, 5.74) is 0.422. The first-order valence-corrected chi connectivity index (χ1v) is 9.90. The third-order valence-electron chi connectivity index (χ3n) is 3.42. The molecule has 2 rings (SSSR count). The summed E-state index contributed by atoms with van der Waals surface area (Å²) in [7, 11) is -0.774. The fraction of sp³-hybridized carbons (Fsp3) is 0.235. The molecule has 0 fully saturated rings. The van der Waals surface area contributed by atoms with E-state index in [2.05, 4.69) is 11.9 Å². The average Bonchev–Trinajstić information content (AvgIpc) is 3.17. The first-order chi connectivity index (χ1) is 12.4. The van der Waals surface area contributed by atoms with E-state index in [1.165, 1.54) is 26.4 Å². The molecule has 9 heteroatoms. The second kappa shape index (κ2) is 8.84. The van der Waals surface area contributed by atoms with Gasteiger partial charge in [0.25, 0.3) is 10.0 Å². The lowest BCUT2D eigenvalue weighted by atomic mass is 10.2. The molecular formula is C17H20N2O5S2. The van der Waals surface area contributed by atoms with Gasteiger partial charge in [-0.3, -0.25) is 4.79 Å². The molecule has 0 aliphatic rings. The second-order valence-corrected chi connectivity index (χ2v) is 8.25. The predicted molar refractivity (Wildman–Crippen MR) is 101 cm³/mol. The Hall–Kier alpha value is -2.36. The van der Waals surface area contributed by atoms with E-state index in [-0.39, 0.29) is 17.3 Å². The van der Waals surface area contributed by atoms with E-state index in [4.69, 9.17) is 9.47 Å². The van der Waals surface area contributed by atoms with E-state index in [1.54, 1.807) is 29.6 Å². The van der Waals surface area contributed by atoms with Gasteiger partial charge in [0.2, 0.25) is 5.91 Å². The van der Waals surface area contributed by atoms with Crippen LogP contribution >= 0.6 is 11.3 Å². The van der Waals surface area contributed by atoms with Gasteiger partial charge in [-0.15, -0.1) is 17.9 Å². The Morgan fingerprint density at radius 2 is 2.08 bits per heavy atom. The van der Waals surface area contributed by atoms with Crippen molar-refractivity contribution in [1.82, 2.24) is 4.31 Å². The number of benzene rings is 1. The molecule has 1 N–H and O–H groups in total. The van der Waals surface area contributed by atoms with Crippen molar-refractivity contribution in [3.05, 3.63) is 48.4 Å². The SMILES string of the molecule is C=CCN(CC(=O)Nc1ccc(OC)cc1OC)S(=O)(=O)c1cccs1. The molecule has 0 atom stereocenters. The van der Waals surface area contributed by atoms with Gasteiger partial charge in [-0.1, -0.05) is 12.1 Å². The average molecular weight is 396 g/mol. The smallest absolute Gasteiger partial charge is 0.253 e. The Labute approximate surface area is 156 Å². The molecule has 0 radical (unpaired) electrons. The molecule has 0 aliphatic heterocycles. The van der Waals surface area contributed by atoms with Crippen molar-refractivity contribution in [3.8, 4) is 11.5 Å². The molecule has 2 aromatic rings. The number of sulfonamides is 1. The monoisotopic (exact) mass is 396 g/mol. The Morgan fingerprint density at radius 1 is 1.31 bits per heavy atom. The minimum Gasteiger partial charge on any atom is -0.497 e. The van der Waals surface area contributed by atoms with Gasteiger partial charge in [-0.2, -0.15) is 4.31 Å². The molecule has 0 spiro atoms. The number of ether oxygens (including phenoxy) is 2. The molecule has 1 heterocycles. The van der Waals surface area contributed by atoms with Crippen molar-refractivity contribution < 1.29 is 22.7 Å². The lowest BCUT2D eigenvalue weighted by Crippen LogP contribution is -2.37. The summed E-state index contributed by atoms with van der Waals surface area (Å²) in [6.45, 7) is 3.24. The van der Waals surface area contributed by atoms with Gasteiger partial charge in [-0.05, 0) is 23.6 Å².